The molecule has 1 atom stereocenters. The Morgan fingerprint density at radius 1 is 1.29 bits per heavy atom. The van der Waals surface area contributed by atoms with E-state index in [9.17, 15) is 27.2 Å². The first-order valence-electron chi connectivity index (χ1n) is 8.37. The van der Waals surface area contributed by atoms with Crippen molar-refractivity contribution in [1.29, 1.82) is 0 Å². The van der Waals surface area contributed by atoms with Crippen LogP contribution in [0.25, 0.3) is 0 Å². The number of benzene rings is 1. The number of hydrogen-bond acceptors (Lipinski definition) is 5. The molecule has 0 fully saturated rings. The average Bonchev–Trinajstić information content (AvgIpc) is 2.59. The van der Waals surface area contributed by atoms with Crippen molar-refractivity contribution in [3.8, 4) is 0 Å². The van der Waals surface area contributed by atoms with Crippen LogP contribution in [0.4, 0.5) is 23.5 Å². The van der Waals surface area contributed by atoms with E-state index in [0.29, 0.717) is 5.56 Å². The molecule has 0 saturated carbocycles. The zero-order chi connectivity index (χ0) is 21.1. The molecule has 28 heavy (non-hydrogen) atoms. The van der Waals surface area contributed by atoms with Gasteiger partial charge in [0.25, 0.3) is 5.56 Å². The minimum absolute atomic E-state index is 0.0385. The van der Waals surface area contributed by atoms with Crippen LogP contribution in [0.2, 0.25) is 0 Å². The molecule has 2 rings (SSSR count). The summed E-state index contributed by atoms with van der Waals surface area (Å²) in [6.07, 6.45) is -0.0670. The van der Waals surface area contributed by atoms with Gasteiger partial charge in [-0.1, -0.05) is 19.9 Å². The Bertz CT molecular complexity index is 912. The number of ketones is 1. The van der Waals surface area contributed by atoms with Crippen molar-refractivity contribution in [2.24, 2.45) is 5.92 Å². The van der Waals surface area contributed by atoms with Gasteiger partial charge in [-0.2, -0.15) is 13.2 Å². The monoisotopic (exact) mass is 417 g/mol. The normalized spacial score (nSPS) is 12.9. The molecule has 2 N–H and O–H groups in total. The molecule has 10 heteroatoms. The third-order valence-electron chi connectivity index (χ3n) is 4.08. The predicted octanol–water partition coefficient (Wildman–Crippen LogP) is 4.58. The summed E-state index contributed by atoms with van der Waals surface area (Å²) >= 11 is -0.524. The number of nitrogens with zero attached hydrogens (tertiary/aromatic N) is 1. The third-order valence-corrected chi connectivity index (χ3v) is 4.87. The molecule has 2 aromatic rings. The van der Waals surface area contributed by atoms with Crippen LogP contribution in [0.15, 0.2) is 34.0 Å². The van der Waals surface area contributed by atoms with E-state index in [2.05, 4.69) is 15.3 Å². The molecular weight excluding hydrogens is 398 g/mol. The van der Waals surface area contributed by atoms with E-state index < -0.39 is 45.2 Å². The molecule has 5 nitrogen and oxygen atoms in total. The molecular formula is C18H19F4N3O2S. The van der Waals surface area contributed by atoms with Crippen molar-refractivity contribution in [3.05, 3.63) is 51.7 Å². The highest BCUT2D eigenvalue weighted by molar-refractivity contribution is 8.00. The summed E-state index contributed by atoms with van der Waals surface area (Å²) < 4.78 is 51.6. The maximum absolute atomic E-state index is 14.1. The lowest BCUT2D eigenvalue weighted by Gasteiger charge is -2.21. The highest BCUT2D eigenvalue weighted by Gasteiger charge is 2.31. The van der Waals surface area contributed by atoms with Gasteiger partial charge in [-0.25, -0.2) is 9.37 Å². The number of halogens is 4. The Labute approximate surface area is 163 Å². The number of hydrogen-bond donors (Lipinski definition) is 2. The summed E-state index contributed by atoms with van der Waals surface area (Å²) in [6, 6.07) is 4.55. The van der Waals surface area contributed by atoms with Crippen LogP contribution in [0.1, 0.15) is 42.2 Å². The summed E-state index contributed by atoms with van der Waals surface area (Å²) in [5.74, 6) is -1.84. The maximum Gasteiger partial charge on any atom is 0.446 e. The zero-order valence-electron chi connectivity index (χ0n) is 15.4. The Hall–Kier alpha value is -2.36. The number of aromatic nitrogens is 2. The first-order chi connectivity index (χ1) is 13.0. The van der Waals surface area contributed by atoms with Gasteiger partial charge in [0.15, 0.2) is 5.78 Å². The first-order valence-corrected chi connectivity index (χ1v) is 9.19. The van der Waals surface area contributed by atoms with E-state index in [0.717, 1.165) is 18.2 Å². The van der Waals surface area contributed by atoms with E-state index in [1.54, 1.807) is 0 Å². The van der Waals surface area contributed by atoms with Gasteiger partial charge < -0.3 is 5.32 Å². The van der Waals surface area contributed by atoms with E-state index in [1.807, 2.05) is 13.8 Å². The van der Waals surface area contributed by atoms with E-state index in [-0.39, 0.29) is 24.0 Å². The molecule has 0 aliphatic carbocycles. The number of anilines is 1. The van der Waals surface area contributed by atoms with Crippen LogP contribution >= 0.6 is 11.8 Å². The Kier molecular flexibility index (Phi) is 6.87. The fourth-order valence-corrected chi connectivity index (χ4v) is 3.26. The van der Waals surface area contributed by atoms with E-state index >= 15 is 0 Å². The fraction of sp³-hybridized carbons (Fsp3) is 0.389. The molecule has 0 unspecified atom stereocenters. The van der Waals surface area contributed by atoms with E-state index in [1.165, 1.54) is 13.1 Å². The quantitative estimate of drug-likeness (QED) is 0.392. The first kappa shape index (κ1) is 21.9. The van der Waals surface area contributed by atoms with Gasteiger partial charge in [0.2, 0.25) is 5.95 Å². The van der Waals surface area contributed by atoms with Gasteiger partial charge >= 0.3 is 5.51 Å². The Balaban J connectivity index is 2.29. The van der Waals surface area contributed by atoms with Crippen molar-refractivity contribution in [2.45, 2.75) is 36.6 Å². The second-order valence-corrected chi connectivity index (χ2v) is 7.55. The SMILES string of the molecule is CNc1nc(C(=O)C[C@@H](c2ccc(SC(F)(F)F)c(F)c2)C(C)C)cc(=O)[nH]1. The van der Waals surface area contributed by atoms with Gasteiger partial charge in [0.05, 0.1) is 4.90 Å². The zero-order valence-corrected chi connectivity index (χ0v) is 16.2. The number of carbonyl (C=O) groups is 1. The Morgan fingerprint density at radius 2 is 1.96 bits per heavy atom. The van der Waals surface area contributed by atoms with Crippen LogP contribution in [0.5, 0.6) is 0 Å². The predicted molar refractivity (Wildman–Crippen MR) is 99.2 cm³/mol. The molecule has 0 spiro atoms. The number of H-pyrrole nitrogens is 1. The largest absolute Gasteiger partial charge is 0.446 e. The van der Waals surface area contributed by atoms with Crippen LogP contribution < -0.4 is 10.9 Å². The smallest absolute Gasteiger partial charge is 0.359 e. The lowest BCUT2D eigenvalue weighted by molar-refractivity contribution is -0.0329. The number of Topliss-reactive ketones (excluding diaryl/α,β-unsaturated/α-hetero) is 1. The molecule has 1 aromatic heterocycles. The van der Waals surface area contributed by atoms with Crippen LogP contribution in [-0.2, 0) is 0 Å². The van der Waals surface area contributed by atoms with Gasteiger partial charge in [-0.15, -0.1) is 0 Å². The number of nitrogens with one attached hydrogen (secondary N) is 2. The highest BCUT2D eigenvalue weighted by atomic mass is 32.2. The standard InChI is InChI=1S/C18H19F4N3O2S/c1-9(2)11(7-14(26)13-8-16(27)25-17(23-3)24-13)10-4-5-15(12(19)6-10)28-18(20,21)22/h4-6,8-9,11H,7H2,1-3H3,(H2,23,24,25,27)/t11-/m1/s1. The summed E-state index contributed by atoms with van der Waals surface area (Å²) in [7, 11) is 1.53. The summed E-state index contributed by atoms with van der Waals surface area (Å²) in [6.45, 7) is 3.64. The fourth-order valence-electron chi connectivity index (χ4n) is 2.72. The van der Waals surface area contributed by atoms with Crippen molar-refractivity contribution >= 4 is 23.5 Å². The average molecular weight is 417 g/mol. The molecule has 0 aliphatic rings. The summed E-state index contributed by atoms with van der Waals surface area (Å²) in [5, 5.41) is 2.64. The highest BCUT2D eigenvalue weighted by Crippen LogP contribution is 2.39. The van der Waals surface area contributed by atoms with Gasteiger partial charge in [0.1, 0.15) is 11.5 Å². The van der Waals surface area contributed by atoms with Gasteiger partial charge in [-0.3, -0.25) is 14.6 Å². The van der Waals surface area contributed by atoms with Gasteiger partial charge in [-0.05, 0) is 41.3 Å². The van der Waals surface area contributed by atoms with Crippen LogP contribution in [0.3, 0.4) is 0 Å². The number of alkyl halides is 3. The number of carbonyl (C=O) groups excluding carboxylic acids is 1. The minimum atomic E-state index is -4.59. The molecule has 0 amide bonds. The van der Waals surface area contributed by atoms with Crippen molar-refractivity contribution in [1.82, 2.24) is 9.97 Å². The summed E-state index contributed by atoms with van der Waals surface area (Å²) in [4.78, 5) is 30.1. The molecule has 0 bridgehead atoms. The molecule has 152 valence electrons. The van der Waals surface area contributed by atoms with Crippen molar-refractivity contribution in [3.63, 3.8) is 0 Å². The second-order valence-electron chi connectivity index (χ2n) is 6.44. The number of aromatic amines is 1. The van der Waals surface area contributed by atoms with Crippen molar-refractivity contribution < 1.29 is 22.4 Å². The minimum Gasteiger partial charge on any atom is -0.359 e. The maximum atomic E-state index is 14.1. The molecule has 0 aliphatic heterocycles. The lowest BCUT2D eigenvalue weighted by Crippen LogP contribution is -2.18. The topological polar surface area (TPSA) is 74.8 Å². The molecule has 0 radical (unpaired) electrons. The number of rotatable bonds is 7. The van der Waals surface area contributed by atoms with E-state index in [4.69, 9.17) is 0 Å². The lowest BCUT2D eigenvalue weighted by atomic mass is 9.84. The second kappa shape index (κ2) is 8.76. The molecule has 1 aromatic carbocycles. The van der Waals surface area contributed by atoms with Crippen LogP contribution in [-0.4, -0.2) is 28.3 Å². The van der Waals surface area contributed by atoms with Crippen LogP contribution in [0, 0.1) is 11.7 Å². The molecule has 0 saturated heterocycles. The van der Waals surface area contributed by atoms with Crippen molar-refractivity contribution in [2.75, 3.05) is 12.4 Å². The molecule has 1 heterocycles. The number of thioether (sulfide) groups is 1. The third kappa shape index (κ3) is 5.82. The Morgan fingerprint density at radius 3 is 2.50 bits per heavy atom. The summed E-state index contributed by atoms with van der Waals surface area (Å²) in [5.41, 5.74) is -4.72. The van der Waals surface area contributed by atoms with Gasteiger partial charge in [0, 0.05) is 19.5 Å².